The third-order valence-corrected chi connectivity index (χ3v) is 5.19. The van der Waals surface area contributed by atoms with Crippen LogP contribution >= 0.6 is 12.6 Å². The van der Waals surface area contributed by atoms with Gasteiger partial charge in [-0.1, -0.05) is 64.7 Å². The molecule has 0 radical (unpaired) electrons. The average molecular weight is 335 g/mol. The first-order valence-corrected chi connectivity index (χ1v) is 9.36. The monoisotopic (exact) mass is 334 g/mol. The minimum absolute atomic E-state index is 0.0273. The molecule has 5 heteroatoms. The lowest BCUT2D eigenvalue weighted by molar-refractivity contribution is -0.202. The summed E-state index contributed by atoms with van der Waals surface area (Å²) < 4.78 is 5.45. The highest BCUT2D eigenvalue weighted by Gasteiger charge is 2.46. The van der Waals surface area contributed by atoms with Crippen LogP contribution in [0.4, 0.5) is 0 Å². The van der Waals surface area contributed by atoms with Crippen molar-refractivity contribution in [1.29, 1.82) is 0 Å². The molecule has 1 saturated heterocycles. The van der Waals surface area contributed by atoms with Crippen molar-refractivity contribution < 1.29 is 20.1 Å². The van der Waals surface area contributed by atoms with Gasteiger partial charge in [-0.05, 0) is 12.8 Å². The van der Waals surface area contributed by atoms with Crippen molar-refractivity contribution in [3.63, 3.8) is 0 Å². The number of ether oxygens (including phenoxy) is 1. The molecule has 0 unspecified atom stereocenters. The molecule has 3 N–H and O–H groups in total. The van der Waals surface area contributed by atoms with Crippen molar-refractivity contribution in [3.05, 3.63) is 0 Å². The van der Waals surface area contributed by atoms with Crippen LogP contribution in [0, 0.1) is 0 Å². The minimum Gasteiger partial charge on any atom is -0.388 e. The fraction of sp³-hybridized carbons (Fsp3) is 1.00. The topological polar surface area (TPSA) is 69.9 Å². The number of aliphatic hydroxyl groups excluding tert-OH is 3. The summed E-state index contributed by atoms with van der Waals surface area (Å²) >= 11 is 4.39. The van der Waals surface area contributed by atoms with E-state index in [9.17, 15) is 15.3 Å². The van der Waals surface area contributed by atoms with E-state index in [1.54, 1.807) is 0 Å². The SMILES string of the molecule is CCCCCCCCCCCC[C@@]1(S)OC[C@@H](O)[C@H](O)[C@H]1O. The Morgan fingerprint density at radius 1 is 0.909 bits per heavy atom. The van der Waals surface area contributed by atoms with E-state index >= 15 is 0 Å². The third-order valence-electron chi connectivity index (χ3n) is 4.57. The van der Waals surface area contributed by atoms with Crippen LogP contribution in [0.15, 0.2) is 0 Å². The molecular weight excluding hydrogens is 300 g/mol. The van der Waals surface area contributed by atoms with Gasteiger partial charge in [-0.3, -0.25) is 0 Å². The van der Waals surface area contributed by atoms with E-state index < -0.39 is 23.2 Å². The second-order valence-corrected chi connectivity index (χ2v) is 7.35. The Hall–Kier alpha value is 0.190. The van der Waals surface area contributed by atoms with Crippen LogP contribution in [0.3, 0.4) is 0 Å². The van der Waals surface area contributed by atoms with E-state index in [0.717, 1.165) is 12.8 Å². The van der Waals surface area contributed by atoms with Crippen molar-refractivity contribution in [2.45, 2.75) is 101 Å². The lowest BCUT2D eigenvalue weighted by atomic mass is 9.95. The van der Waals surface area contributed by atoms with Gasteiger partial charge < -0.3 is 20.1 Å². The van der Waals surface area contributed by atoms with Gasteiger partial charge in [-0.15, -0.1) is 12.6 Å². The number of thiol groups is 1. The van der Waals surface area contributed by atoms with Gasteiger partial charge >= 0.3 is 0 Å². The normalized spacial score (nSPS) is 32.3. The summed E-state index contributed by atoms with van der Waals surface area (Å²) in [6, 6.07) is 0. The molecule has 4 atom stereocenters. The first kappa shape index (κ1) is 20.2. The summed E-state index contributed by atoms with van der Waals surface area (Å²) in [5, 5.41) is 29.2. The summed E-state index contributed by atoms with van der Waals surface area (Å²) in [4.78, 5) is -1.03. The fourth-order valence-corrected chi connectivity index (χ4v) is 3.36. The van der Waals surface area contributed by atoms with Crippen molar-refractivity contribution in [1.82, 2.24) is 0 Å². The first-order valence-electron chi connectivity index (χ1n) is 8.92. The predicted molar refractivity (Wildman–Crippen MR) is 92.2 cm³/mol. The van der Waals surface area contributed by atoms with Gasteiger partial charge in [-0.2, -0.15) is 0 Å². The summed E-state index contributed by atoms with van der Waals surface area (Å²) in [5.41, 5.74) is 0. The average Bonchev–Trinajstić information content (AvgIpc) is 2.51. The fourth-order valence-electron chi connectivity index (χ4n) is 2.98. The highest BCUT2D eigenvalue weighted by atomic mass is 32.1. The van der Waals surface area contributed by atoms with Gasteiger partial charge in [0.05, 0.1) is 6.61 Å². The molecule has 1 aliphatic rings. The maximum absolute atomic E-state index is 10.00. The van der Waals surface area contributed by atoms with E-state index in [0.29, 0.717) is 6.42 Å². The smallest absolute Gasteiger partial charge is 0.139 e. The Morgan fingerprint density at radius 2 is 1.41 bits per heavy atom. The Labute approximate surface area is 140 Å². The highest BCUT2D eigenvalue weighted by Crippen LogP contribution is 2.34. The van der Waals surface area contributed by atoms with Gasteiger partial charge in [0.15, 0.2) is 0 Å². The lowest BCUT2D eigenvalue weighted by Crippen LogP contribution is -2.58. The van der Waals surface area contributed by atoms with Crippen molar-refractivity contribution in [2.24, 2.45) is 0 Å². The maximum Gasteiger partial charge on any atom is 0.139 e. The summed E-state index contributed by atoms with van der Waals surface area (Å²) in [5.74, 6) is 0. The maximum atomic E-state index is 10.00. The molecule has 0 bridgehead atoms. The molecule has 0 saturated carbocycles. The van der Waals surface area contributed by atoms with Crippen molar-refractivity contribution in [3.8, 4) is 0 Å². The minimum atomic E-state index is -1.17. The van der Waals surface area contributed by atoms with Gasteiger partial charge in [-0.25, -0.2) is 0 Å². The third kappa shape index (κ3) is 6.75. The van der Waals surface area contributed by atoms with Crippen LogP contribution in [-0.2, 0) is 4.74 Å². The Morgan fingerprint density at radius 3 is 1.95 bits per heavy atom. The van der Waals surface area contributed by atoms with Crippen LogP contribution in [0.2, 0.25) is 0 Å². The molecule has 0 aromatic heterocycles. The molecular formula is C17H34O4S. The van der Waals surface area contributed by atoms with E-state index in [1.165, 1.54) is 51.4 Å². The van der Waals surface area contributed by atoms with Gasteiger partial charge in [0.1, 0.15) is 23.2 Å². The van der Waals surface area contributed by atoms with E-state index in [2.05, 4.69) is 19.6 Å². The van der Waals surface area contributed by atoms with Crippen LogP contribution in [0.1, 0.15) is 77.6 Å². The quantitative estimate of drug-likeness (QED) is 0.346. The van der Waals surface area contributed by atoms with Crippen LogP contribution in [0.25, 0.3) is 0 Å². The first-order chi connectivity index (χ1) is 10.5. The zero-order chi connectivity index (χ0) is 16.4. The molecule has 1 fully saturated rings. The molecule has 132 valence electrons. The van der Waals surface area contributed by atoms with Gasteiger partial charge in [0, 0.05) is 0 Å². The number of hydrogen-bond acceptors (Lipinski definition) is 5. The molecule has 0 aromatic rings. The number of rotatable bonds is 11. The van der Waals surface area contributed by atoms with Crippen LogP contribution in [-0.4, -0.2) is 45.2 Å². The molecule has 22 heavy (non-hydrogen) atoms. The van der Waals surface area contributed by atoms with E-state index in [4.69, 9.17) is 4.74 Å². The van der Waals surface area contributed by atoms with E-state index in [1.807, 2.05) is 0 Å². The van der Waals surface area contributed by atoms with Crippen molar-refractivity contribution in [2.75, 3.05) is 6.61 Å². The summed E-state index contributed by atoms with van der Waals surface area (Å²) in [7, 11) is 0. The molecule has 1 rings (SSSR count). The van der Waals surface area contributed by atoms with Crippen LogP contribution < -0.4 is 0 Å². The zero-order valence-corrected chi connectivity index (χ0v) is 14.8. The molecule has 0 aliphatic carbocycles. The largest absolute Gasteiger partial charge is 0.388 e. The number of hydrogen-bond donors (Lipinski definition) is 4. The molecule has 1 aliphatic heterocycles. The van der Waals surface area contributed by atoms with Gasteiger partial charge in [0.25, 0.3) is 0 Å². The molecule has 0 aromatic carbocycles. The standard InChI is InChI=1S/C17H34O4S/c1-2-3-4-5-6-7-8-9-10-11-12-17(22)16(20)15(19)14(18)13-21-17/h14-16,18-20,22H,2-13H2,1H3/t14-,15+,16-,17+/m1/s1. The Balaban J connectivity index is 2.04. The second-order valence-electron chi connectivity index (χ2n) is 6.59. The number of aliphatic hydroxyl groups is 3. The Bertz CT molecular complexity index is 290. The summed E-state index contributed by atoms with van der Waals surface area (Å²) in [6.45, 7) is 2.26. The number of unbranched alkanes of at least 4 members (excludes halogenated alkanes) is 9. The second kappa shape index (κ2) is 10.9. The molecule has 1 heterocycles. The molecule has 0 amide bonds. The molecule has 0 spiro atoms. The highest BCUT2D eigenvalue weighted by molar-refractivity contribution is 7.81. The van der Waals surface area contributed by atoms with Crippen LogP contribution in [0.5, 0.6) is 0 Å². The molecule has 4 nitrogen and oxygen atoms in total. The predicted octanol–water partition coefficient (Wildman–Crippen LogP) is 3.04. The lowest BCUT2D eigenvalue weighted by Gasteiger charge is -2.42. The summed E-state index contributed by atoms with van der Waals surface area (Å²) in [6.07, 6.45) is 9.73. The van der Waals surface area contributed by atoms with E-state index in [-0.39, 0.29) is 6.61 Å². The Kier molecular flexibility index (Phi) is 10.00. The van der Waals surface area contributed by atoms with Crippen molar-refractivity contribution >= 4 is 12.6 Å². The van der Waals surface area contributed by atoms with Gasteiger partial charge in [0.2, 0.25) is 0 Å². The zero-order valence-electron chi connectivity index (χ0n) is 13.9.